The van der Waals surface area contributed by atoms with Crippen molar-refractivity contribution >= 4 is 12.1 Å². The van der Waals surface area contributed by atoms with E-state index >= 15 is 0 Å². The number of hydrogen-bond acceptors (Lipinski definition) is 5. The Bertz CT molecular complexity index is 544. The first kappa shape index (κ1) is 16.3. The van der Waals surface area contributed by atoms with Crippen LogP contribution < -0.4 is 0 Å². The van der Waals surface area contributed by atoms with Crippen molar-refractivity contribution in [1.82, 2.24) is 0 Å². The van der Waals surface area contributed by atoms with Gasteiger partial charge in [0.15, 0.2) is 5.79 Å². The van der Waals surface area contributed by atoms with Crippen molar-refractivity contribution in [2.75, 3.05) is 6.61 Å². The molecule has 3 rings (SSSR count). The highest BCUT2D eigenvalue weighted by molar-refractivity contribution is 5.80. The molecule has 0 aliphatic carbocycles. The SMILES string of the molecule is O=C[C@H]1CCC[C@@]2(CC(=O)C[C@H](COCc3ccccc3)O2)O1. The Kier molecular flexibility index (Phi) is 5.20. The van der Waals surface area contributed by atoms with E-state index in [0.29, 0.717) is 32.5 Å². The minimum atomic E-state index is -0.931. The van der Waals surface area contributed by atoms with E-state index in [0.717, 1.165) is 18.3 Å². The monoisotopic (exact) mass is 318 g/mol. The van der Waals surface area contributed by atoms with Gasteiger partial charge in [0.1, 0.15) is 18.2 Å². The van der Waals surface area contributed by atoms with Gasteiger partial charge in [0.25, 0.3) is 0 Å². The summed E-state index contributed by atoms with van der Waals surface area (Å²) in [5, 5.41) is 0. The lowest BCUT2D eigenvalue weighted by molar-refractivity contribution is -0.303. The van der Waals surface area contributed by atoms with Crippen molar-refractivity contribution in [3.8, 4) is 0 Å². The van der Waals surface area contributed by atoms with E-state index in [-0.39, 0.29) is 18.3 Å². The predicted octanol–water partition coefficient (Wildman–Crippen LogP) is 2.42. The van der Waals surface area contributed by atoms with Crippen molar-refractivity contribution in [3.05, 3.63) is 35.9 Å². The Hall–Kier alpha value is -1.56. The van der Waals surface area contributed by atoms with Crippen LogP contribution in [-0.2, 0) is 30.4 Å². The van der Waals surface area contributed by atoms with Gasteiger partial charge in [0.05, 0.1) is 25.7 Å². The van der Waals surface area contributed by atoms with Gasteiger partial charge in [-0.25, -0.2) is 0 Å². The Morgan fingerprint density at radius 3 is 2.87 bits per heavy atom. The summed E-state index contributed by atoms with van der Waals surface area (Å²) in [7, 11) is 0. The van der Waals surface area contributed by atoms with Crippen LogP contribution in [0.5, 0.6) is 0 Å². The van der Waals surface area contributed by atoms with Crippen molar-refractivity contribution in [1.29, 1.82) is 0 Å². The van der Waals surface area contributed by atoms with Crippen molar-refractivity contribution < 1.29 is 23.8 Å². The normalized spacial score (nSPS) is 31.2. The lowest BCUT2D eigenvalue weighted by Crippen LogP contribution is -2.51. The summed E-state index contributed by atoms with van der Waals surface area (Å²) in [5.41, 5.74) is 1.08. The molecule has 1 aromatic carbocycles. The molecule has 0 saturated carbocycles. The van der Waals surface area contributed by atoms with Gasteiger partial charge >= 0.3 is 0 Å². The summed E-state index contributed by atoms with van der Waals surface area (Å²) in [6.07, 6.45) is 2.75. The maximum absolute atomic E-state index is 12.1. The summed E-state index contributed by atoms with van der Waals surface area (Å²) in [5.74, 6) is -0.823. The molecule has 3 atom stereocenters. The average molecular weight is 318 g/mol. The standard InChI is InChI=1S/C18H22O5/c19-11-16-7-4-8-18(22-16)10-15(20)9-17(23-18)13-21-12-14-5-2-1-3-6-14/h1-3,5-6,11,16-17H,4,7-10,12-13H2/t16-,17-,18-/m1/s1. The second-order valence-corrected chi connectivity index (χ2v) is 6.26. The maximum atomic E-state index is 12.1. The lowest BCUT2D eigenvalue weighted by Gasteiger charge is -2.44. The van der Waals surface area contributed by atoms with Crippen LogP contribution in [0.3, 0.4) is 0 Å². The first-order valence-corrected chi connectivity index (χ1v) is 8.13. The molecule has 2 aliphatic rings. The Balaban J connectivity index is 1.55. The summed E-state index contributed by atoms with van der Waals surface area (Å²) in [6, 6.07) is 9.87. The molecule has 5 heteroatoms. The van der Waals surface area contributed by atoms with E-state index in [1.165, 1.54) is 0 Å². The summed E-state index contributed by atoms with van der Waals surface area (Å²) in [6.45, 7) is 0.831. The molecule has 1 spiro atoms. The van der Waals surface area contributed by atoms with Crippen molar-refractivity contribution in [2.24, 2.45) is 0 Å². The van der Waals surface area contributed by atoms with E-state index in [1.54, 1.807) is 0 Å². The van der Waals surface area contributed by atoms with Crippen molar-refractivity contribution in [2.45, 2.75) is 56.7 Å². The maximum Gasteiger partial charge on any atom is 0.176 e. The zero-order chi connectivity index (χ0) is 16.1. The molecule has 5 nitrogen and oxygen atoms in total. The molecule has 0 aromatic heterocycles. The molecular formula is C18H22O5. The van der Waals surface area contributed by atoms with E-state index < -0.39 is 11.9 Å². The van der Waals surface area contributed by atoms with Gasteiger partial charge in [-0.2, -0.15) is 0 Å². The number of aldehydes is 1. The van der Waals surface area contributed by atoms with E-state index in [2.05, 4.69) is 0 Å². The molecule has 0 radical (unpaired) electrons. The minimum Gasteiger partial charge on any atom is -0.374 e. The van der Waals surface area contributed by atoms with Gasteiger partial charge in [-0.15, -0.1) is 0 Å². The second kappa shape index (κ2) is 7.34. The van der Waals surface area contributed by atoms with Crippen LogP contribution in [0.4, 0.5) is 0 Å². The number of ketones is 1. The van der Waals surface area contributed by atoms with Gasteiger partial charge in [-0.1, -0.05) is 30.3 Å². The summed E-state index contributed by atoms with van der Waals surface area (Å²) >= 11 is 0. The fraction of sp³-hybridized carbons (Fsp3) is 0.556. The smallest absolute Gasteiger partial charge is 0.176 e. The fourth-order valence-electron chi connectivity index (χ4n) is 3.27. The molecule has 2 aliphatic heterocycles. The topological polar surface area (TPSA) is 61.8 Å². The highest BCUT2D eigenvalue weighted by atomic mass is 16.7. The third kappa shape index (κ3) is 4.25. The Morgan fingerprint density at radius 2 is 2.09 bits per heavy atom. The minimum absolute atomic E-state index is 0.108. The molecule has 2 fully saturated rings. The summed E-state index contributed by atoms with van der Waals surface area (Å²) in [4.78, 5) is 23.1. The number of carbonyl (C=O) groups is 2. The number of benzene rings is 1. The largest absolute Gasteiger partial charge is 0.374 e. The lowest BCUT2D eigenvalue weighted by atomic mass is 9.92. The average Bonchev–Trinajstić information content (AvgIpc) is 2.55. The highest BCUT2D eigenvalue weighted by Crippen LogP contribution is 2.37. The van der Waals surface area contributed by atoms with E-state index in [9.17, 15) is 9.59 Å². The molecule has 1 aromatic rings. The zero-order valence-electron chi connectivity index (χ0n) is 13.1. The Morgan fingerprint density at radius 1 is 1.26 bits per heavy atom. The van der Waals surface area contributed by atoms with Crippen LogP contribution in [0.15, 0.2) is 30.3 Å². The number of hydrogen-bond donors (Lipinski definition) is 0. The van der Waals surface area contributed by atoms with Crippen LogP contribution in [0, 0.1) is 0 Å². The molecule has 0 N–H and O–H groups in total. The molecular weight excluding hydrogens is 296 g/mol. The van der Waals surface area contributed by atoms with Crippen molar-refractivity contribution in [3.63, 3.8) is 0 Å². The number of ether oxygens (including phenoxy) is 3. The predicted molar refractivity (Wildman–Crippen MR) is 82.7 cm³/mol. The third-order valence-corrected chi connectivity index (χ3v) is 4.28. The fourth-order valence-corrected chi connectivity index (χ4v) is 3.27. The molecule has 2 saturated heterocycles. The number of rotatable bonds is 5. The molecule has 0 unspecified atom stereocenters. The molecule has 124 valence electrons. The van der Waals surface area contributed by atoms with Gasteiger partial charge in [-0.05, 0) is 18.4 Å². The van der Waals surface area contributed by atoms with Gasteiger partial charge in [-0.3, -0.25) is 4.79 Å². The van der Waals surface area contributed by atoms with Crippen LogP contribution >= 0.6 is 0 Å². The van der Waals surface area contributed by atoms with E-state index in [1.807, 2.05) is 30.3 Å². The first-order chi connectivity index (χ1) is 11.2. The zero-order valence-corrected chi connectivity index (χ0v) is 13.1. The number of Topliss-reactive ketones (excluding diaryl/α,β-unsaturated/α-hetero) is 1. The second-order valence-electron chi connectivity index (χ2n) is 6.26. The quantitative estimate of drug-likeness (QED) is 0.780. The third-order valence-electron chi connectivity index (χ3n) is 4.28. The van der Waals surface area contributed by atoms with Gasteiger partial charge < -0.3 is 19.0 Å². The van der Waals surface area contributed by atoms with E-state index in [4.69, 9.17) is 14.2 Å². The molecule has 2 heterocycles. The van der Waals surface area contributed by atoms with Crippen LogP contribution in [0.25, 0.3) is 0 Å². The van der Waals surface area contributed by atoms with Gasteiger partial charge in [0, 0.05) is 12.8 Å². The summed E-state index contributed by atoms with van der Waals surface area (Å²) < 4.78 is 17.5. The molecule has 0 amide bonds. The molecule has 23 heavy (non-hydrogen) atoms. The van der Waals surface area contributed by atoms with Crippen LogP contribution in [0.1, 0.15) is 37.7 Å². The van der Waals surface area contributed by atoms with Crippen LogP contribution in [0.2, 0.25) is 0 Å². The van der Waals surface area contributed by atoms with Crippen LogP contribution in [-0.4, -0.2) is 36.7 Å². The van der Waals surface area contributed by atoms with Gasteiger partial charge in [0.2, 0.25) is 0 Å². The highest BCUT2D eigenvalue weighted by Gasteiger charge is 2.45. The number of carbonyl (C=O) groups excluding carboxylic acids is 2. The molecule has 0 bridgehead atoms. The first-order valence-electron chi connectivity index (χ1n) is 8.13. The Labute approximate surface area is 135 Å².